The minimum Gasteiger partial charge on any atom is -0.493 e. The van der Waals surface area contributed by atoms with Gasteiger partial charge in [-0.05, 0) is 54.8 Å². The van der Waals surface area contributed by atoms with Crippen LogP contribution in [0, 0.1) is 0 Å². The minimum absolute atomic E-state index is 0.143. The molecule has 0 amide bonds. The molecule has 0 spiro atoms. The maximum absolute atomic E-state index is 12.1. The van der Waals surface area contributed by atoms with Crippen molar-refractivity contribution in [2.75, 3.05) is 40.7 Å². The fourth-order valence-electron chi connectivity index (χ4n) is 4.92. The van der Waals surface area contributed by atoms with Crippen LogP contribution in [0.4, 0.5) is 0 Å². The number of nitrogens with zero attached hydrogens (tertiary/aromatic N) is 2. The topological polar surface area (TPSA) is 69.7 Å². The van der Waals surface area contributed by atoms with Gasteiger partial charge in [-0.1, -0.05) is 6.07 Å². The smallest absolute Gasteiger partial charge is 0.323 e. The number of benzene rings is 2. The standard InChI is InChI=1S/C25H30N2O6/c1-29-22-11-18(12-23-24(22)33-16-32-23)13-26-8-9-31-21-6-5-17(10-19(21)15-26)14-27-7-3-4-20(27)25(28)30-2/h5-6,10-12,20H,3-4,7-9,13-16H2,1-2H3/t20-/m0/s1. The van der Waals surface area contributed by atoms with E-state index in [1.807, 2.05) is 12.1 Å². The lowest BCUT2D eigenvalue weighted by Gasteiger charge is -2.23. The molecule has 0 aliphatic carbocycles. The van der Waals surface area contributed by atoms with Crippen LogP contribution in [0.5, 0.6) is 23.0 Å². The zero-order valence-corrected chi connectivity index (χ0v) is 19.2. The van der Waals surface area contributed by atoms with E-state index < -0.39 is 0 Å². The Labute approximate surface area is 193 Å². The second-order valence-electron chi connectivity index (χ2n) is 8.68. The predicted molar refractivity (Wildman–Crippen MR) is 121 cm³/mol. The first kappa shape index (κ1) is 21.9. The first-order chi connectivity index (χ1) is 16.1. The summed E-state index contributed by atoms with van der Waals surface area (Å²) in [5, 5.41) is 0. The summed E-state index contributed by atoms with van der Waals surface area (Å²) in [6.45, 7) is 4.83. The second kappa shape index (κ2) is 9.49. The van der Waals surface area contributed by atoms with Crippen molar-refractivity contribution in [1.82, 2.24) is 9.80 Å². The number of likely N-dealkylation sites (tertiary alicyclic amines) is 1. The number of methoxy groups -OCH3 is 2. The predicted octanol–water partition coefficient (Wildman–Crippen LogP) is 2.96. The fourth-order valence-corrected chi connectivity index (χ4v) is 4.92. The van der Waals surface area contributed by atoms with Gasteiger partial charge in [0, 0.05) is 31.7 Å². The lowest BCUT2D eigenvalue weighted by molar-refractivity contribution is -0.146. The fraction of sp³-hybridized carbons (Fsp3) is 0.480. The summed E-state index contributed by atoms with van der Waals surface area (Å²) in [7, 11) is 3.10. The number of rotatable bonds is 6. The maximum atomic E-state index is 12.1. The van der Waals surface area contributed by atoms with E-state index in [0.717, 1.165) is 68.2 Å². The van der Waals surface area contributed by atoms with Crippen molar-refractivity contribution < 1.29 is 28.5 Å². The van der Waals surface area contributed by atoms with Crippen LogP contribution in [0.1, 0.15) is 29.5 Å². The van der Waals surface area contributed by atoms with Gasteiger partial charge >= 0.3 is 5.97 Å². The van der Waals surface area contributed by atoms with E-state index in [2.05, 4.69) is 28.0 Å². The molecule has 0 aromatic heterocycles. The molecule has 1 saturated heterocycles. The molecule has 1 fully saturated rings. The largest absolute Gasteiger partial charge is 0.493 e. The second-order valence-corrected chi connectivity index (χ2v) is 8.68. The third-order valence-electron chi connectivity index (χ3n) is 6.53. The highest BCUT2D eigenvalue weighted by Crippen LogP contribution is 2.42. The molecule has 1 atom stereocenters. The third-order valence-corrected chi connectivity index (χ3v) is 6.53. The highest BCUT2D eigenvalue weighted by Gasteiger charge is 2.31. The quantitative estimate of drug-likeness (QED) is 0.617. The van der Waals surface area contributed by atoms with Crippen molar-refractivity contribution in [3.63, 3.8) is 0 Å². The molecule has 33 heavy (non-hydrogen) atoms. The first-order valence-corrected chi connectivity index (χ1v) is 11.4. The lowest BCUT2D eigenvalue weighted by Crippen LogP contribution is -2.36. The monoisotopic (exact) mass is 454 g/mol. The molecule has 0 bridgehead atoms. The Morgan fingerprint density at radius 1 is 1.03 bits per heavy atom. The van der Waals surface area contributed by atoms with Crippen LogP contribution in [0.2, 0.25) is 0 Å². The Morgan fingerprint density at radius 2 is 1.94 bits per heavy atom. The molecule has 3 heterocycles. The number of esters is 1. The molecule has 176 valence electrons. The van der Waals surface area contributed by atoms with Crippen LogP contribution in [0.15, 0.2) is 30.3 Å². The molecule has 3 aliphatic heterocycles. The van der Waals surface area contributed by atoms with Crippen molar-refractivity contribution in [3.05, 3.63) is 47.0 Å². The van der Waals surface area contributed by atoms with Gasteiger partial charge in [-0.25, -0.2) is 0 Å². The SMILES string of the molecule is COC(=O)[C@@H]1CCCN1Cc1ccc2c(c1)CN(Cc1cc(OC)c3c(c1)OCO3)CCO2. The summed E-state index contributed by atoms with van der Waals surface area (Å²) in [6.07, 6.45) is 1.87. The zero-order chi connectivity index (χ0) is 22.8. The molecule has 2 aromatic rings. The van der Waals surface area contributed by atoms with Crippen LogP contribution in [0.25, 0.3) is 0 Å². The van der Waals surface area contributed by atoms with Gasteiger partial charge in [-0.15, -0.1) is 0 Å². The van der Waals surface area contributed by atoms with Gasteiger partial charge in [0.15, 0.2) is 11.5 Å². The normalized spacial score (nSPS) is 20.1. The van der Waals surface area contributed by atoms with E-state index in [1.165, 1.54) is 12.7 Å². The molecule has 0 radical (unpaired) electrons. The summed E-state index contributed by atoms with van der Waals surface area (Å²) >= 11 is 0. The number of hydrogen-bond acceptors (Lipinski definition) is 8. The molecule has 3 aliphatic rings. The van der Waals surface area contributed by atoms with Gasteiger partial charge in [-0.3, -0.25) is 14.6 Å². The van der Waals surface area contributed by atoms with Gasteiger partial charge in [0.05, 0.1) is 14.2 Å². The lowest BCUT2D eigenvalue weighted by atomic mass is 10.1. The molecule has 2 aromatic carbocycles. The highest BCUT2D eigenvalue weighted by atomic mass is 16.7. The Kier molecular flexibility index (Phi) is 6.28. The number of fused-ring (bicyclic) bond motifs is 2. The van der Waals surface area contributed by atoms with Crippen LogP contribution in [-0.4, -0.2) is 62.5 Å². The summed E-state index contributed by atoms with van der Waals surface area (Å²) in [4.78, 5) is 16.7. The van der Waals surface area contributed by atoms with E-state index in [9.17, 15) is 4.79 Å². The number of carbonyl (C=O) groups excluding carboxylic acids is 1. The van der Waals surface area contributed by atoms with Crippen molar-refractivity contribution in [3.8, 4) is 23.0 Å². The van der Waals surface area contributed by atoms with Gasteiger partial charge < -0.3 is 23.7 Å². The van der Waals surface area contributed by atoms with Gasteiger partial charge in [0.25, 0.3) is 0 Å². The Balaban J connectivity index is 1.31. The minimum atomic E-state index is -0.150. The van der Waals surface area contributed by atoms with E-state index in [1.54, 1.807) is 7.11 Å². The Hall–Kier alpha value is -2.97. The van der Waals surface area contributed by atoms with Gasteiger partial charge in [0.2, 0.25) is 12.5 Å². The molecule has 8 heteroatoms. The van der Waals surface area contributed by atoms with Crippen LogP contribution in [-0.2, 0) is 29.2 Å². The van der Waals surface area contributed by atoms with E-state index in [-0.39, 0.29) is 18.8 Å². The Bertz CT molecular complexity index is 1030. The zero-order valence-electron chi connectivity index (χ0n) is 19.2. The average molecular weight is 455 g/mol. The van der Waals surface area contributed by atoms with E-state index >= 15 is 0 Å². The van der Waals surface area contributed by atoms with Crippen LogP contribution < -0.4 is 18.9 Å². The molecule has 8 nitrogen and oxygen atoms in total. The summed E-state index contributed by atoms with van der Waals surface area (Å²) in [5.41, 5.74) is 3.44. The molecule has 0 unspecified atom stereocenters. The maximum Gasteiger partial charge on any atom is 0.323 e. The molecule has 0 saturated carbocycles. The van der Waals surface area contributed by atoms with E-state index in [4.69, 9.17) is 23.7 Å². The number of ether oxygens (including phenoxy) is 5. The summed E-state index contributed by atoms with van der Waals surface area (Å²) < 4.78 is 27.6. The molecular weight excluding hydrogens is 424 g/mol. The van der Waals surface area contributed by atoms with Gasteiger partial charge in [0.1, 0.15) is 18.4 Å². The van der Waals surface area contributed by atoms with Crippen molar-refractivity contribution in [2.24, 2.45) is 0 Å². The first-order valence-electron chi connectivity index (χ1n) is 11.4. The van der Waals surface area contributed by atoms with Crippen LogP contribution >= 0.6 is 0 Å². The number of hydrogen-bond donors (Lipinski definition) is 0. The van der Waals surface area contributed by atoms with E-state index in [0.29, 0.717) is 18.1 Å². The highest BCUT2D eigenvalue weighted by molar-refractivity contribution is 5.76. The van der Waals surface area contributed by atoms with Gasteiger partial charge in [-0.2, -0.15) is 0 Å². The number of carbonyl (C=O) groups is 1. The average Bonchev–Trinajstić information content (AvgIpc) is 3.44. The van der Waals surface area contributed by atoms with Crippen molar-refractivity contribution in [1.29, 1.82) is 0 Å². The van der Waals surface area contributed by atoms with Crippen molar-refractivity contribution in [2.45, 2.75) is 38.5 Å². The molecular formula is C25H30N2O6. The van der Waals surface area contributed by atoms with Crippen LogP contribution in [0.3, 0.4) is 0 Å². The Morgan fingerprint density at radius 3 is 2.79 bits per heavy atom. The summed E-state index contributed by atoms with van der Waals surface area (Å²) in [6, 6.07) is 10.2. The van der Waals surface area contributed by atoms with Crippen molar-refractivity contribution >= 4 is 5.97 Å². The summed E-state index contributed by atoms with van der Waals surface area (Å²) in [5.74, 6) is 2.87. The third kappa shape index (κ3) is 4.58. The molecule has 5 rings (SSSR count). The molecule has 0 N–H and O–H groups in total.